The Bertz CT molecular complexity index is 865. The molecule has 0 radical (unpaired) electrons. The number of carbonyl (C=O) groups excluding carboxylic acids is 2. The molecular weight excluding hydrogens is 374 g/mol. The smallest absolute Gasteiger partial charge is 0.238 e. The summed E-state index contributed by atoms with van der Waals surface area (Å²) in [5.41, 5.74) is 3.88. The molecule has 2 aromatic rings. The van der Waals surface area contributed by atoms with Crippen molar-refractivity contribution >= 4 is 34.8 Å². The van der Waals surface area contributed by atoms with Gasteiger partial charge in [-0.05, 0) is 53.8 Å². The summed E-state index contributed by atoms with van der Waals surface area (Å²) in [5, 5.41) is 6.98. The lowest BCUT2D eigenvalue weighted by atomic mass is 9.96. The van der Waals surface area contributed by atoms with E-state index in [4.69, 9.17) is 11.6 Å². The molecule has 2 aromatic carbocycles. The third-order valence-corrected chi connectivity index (χ3v) is 5.27. The van der Waals surface area contributed by atoms with Gasteiger partial charge in [0.25, 0.3) is 0 Å². The fraction of sp³-hybridized carbons (Fsp3) is 0.364. The number of hydrogen-bond acceptors (Lipinski definition) is 3. The number of anilines is 2. The Morgan fingerprint density at radius 2 is 1.86 bits per heavy atom. The summed E-state index contributed by atoms with van der Waals surface area (Å²) < 4.78 is 0. The molecule has 148 valence electrons. The van der Waals surface area contributed by atoms with Crippen LogP contribution in [0.5, 0.6) is 0 Å². The molecule has 1 aliphatic heterocycles. The first-order chi connectivity index (χ1) is 13.3. The summed E-state index contributed by atoms with van der Waals surface area (Å²) in [6, 6.07) is 13.5. The lowest BCUT2D eigenvalue weighted by Crippen LogP contribution is -2.33. The second kappa shape index (κ2) is 8.76. The Balaban J connectivity index is 1.61. The number of fused-ring (bicyclic) bond motifs is 1. The Labute approximate surface area is 171 Å². The molecule has 0 saturated heterocycles. The minimum Gasteiger partial charge on any atom is -0.325 e. The zero-order chi connectivity index (χ0) is 20.3. The summed E-state index contributed by atoms with van der Waals surface area (Å²) in [4.78, 5) is 25.9. The highest BCUT2D eigenvalue weighted by molar-refractivity contribution is 6.30. The van der Waals surface area contributed by atoms with Crippen LogP contribution >= 0.6 is 11.6 Å². The first-order valence-electron chi connectivity index (χ1n) is 9.55. The number of nitrogens with zero attached hydrogens (tertiary/aromatic N) is 1. The average Bonchev–Trinajstić information content (AvgIpc) is 3.06. The van der Waals surface area contributed by atoms with E-state index in [1.54, 1.807) is 11.8 Å². The van der Waals surface area contributed by atoms with Gasteiger partial charge >= 0.3 is 0 Å². The number of amides is 2. The highest BCUT2D eigenvalue weighted by Gasteiger charge is 2.22. The van der Waals surface area contributed by atoms with Gasteiger partial charge < -0.3 is 15.5 Å². The van der Waals surface area contributed by atoms with Gasteiger partial charge in [0, 0.05) is 35.9 Å². The molecule has 2 N–H and O–H groups in total. The summed E-state index contributed by atoms with van der Waals surface area (Å²) in [6.45, 7) is 6.71. The van der Waals surface area contributed by atoms with Gasteiger partial charge in [-0.25, -0.2) is 0 Å². The van der Waals surface area contributed by atoms with Crippen LogP contribution in [0.25, 0.3) is 0 Å². The topological polar surface area (TPSA) is 61.4 Å². The predicted molar refractivity (Wildman–Crippen MR) is 114 cm³/mol. The van der Waals surface area contributed by atoms with Gasteiger partial charge in [0.05, 0.1) is 6.54 Å². The van der Waals surface area contributed by atoms with Crippen molar-refractivity contribution in [1.29, 1.82) is 0 Å². The van der Waals surface area contributed by atoms with Crippen LogP contribution in [0.4, 0.5) is 11.4 Å². The predicted octanol–water partition coefficient (Wildman–Crippen LogP) is 4.17. The molecule has 1 atom stereocenters. The first-order valence-corrected chi connectivity index (χ1v) is 9.92. The van der Waals surface area contributed by atoms with Crippen LogP contribution in [0.2, 0.25) is 5.02 Å². The van der Waals surface area contributed by atoms with E-state index < -0.39 is 0 Å². The van der Waals surface area contributed by atoms with Gasteiger partial charge in [0.15, 0.2) is 0 Å². The van der Waals surface area contributed by atoms with Crippen LogP contribution in [0.15, 0.2) is 42.5 Å². The van der Waals surface area contributed by atoms with E-state index in [0.717, 1.165) is 28.9 Å². The molecule has 0 fully saturated rings. The lowest BCUT2D eigenvalue weighted by molar-refractivity contribution is -0.117. The molecule has 5 nitrogen and oxygen atoms in total. The van der Waals surface area contributed by atoms with Crippen molar-refractivity contribution in [3.05, 3.63) is 58.6 Å². The highest BCUT2D eigenvalue weighted by Crippen LogP contribution is 2.30. The average molecular weight is 400 g/mol. The van der Waals surface area contributed by atoms with E-state index in [1.807, 2.05) is 42.5 Å². The zero-order valence-electron chi connectivity index (χ0n) is 16.5. The normalized spacial score (nSPS) is 14.1. The summed E-state index contributed by atoms with van der Waals surface area (Å²) >= 11 is 5.97. The Morgan fingerprint density at radius 3 is 2.50 bits per heavy atom. The van der Waals surface area contributed by atoms with E-state index in [1.165, 1.54) is 0 Å². The number of carbonyl (C=O) groups is 2. The quantitative estimate of drug-likeness (QED) is 0.766. The van der Waals surface area contributed by atoms with Gasteiger partial charge in [-0.3, -0.25) is 9.59 Å². The SMILES string of the molecule is CC(=O)N1CCc2cc(NC(=O)CNC(c3ccc(Cl)cc3)C(C)C)ccc21. The van der Waals surface area contributed by atoms with Crippen LogP contribution in [-0.2, 0) is 16.0 Å². The van der Waals surface area contributed by atoms with Crippen molar-refractivity contribution in [3.8, 4) is 0 Å². The number of rotatable bonds is 6. The number of nitrogens with one attached hydrogen (secondary N) is 2. The number of hydrogen-bond donors (Lipinski definition) is 2. The summed E-state index contributed by atoms with van der Waals surface area (Å²) in [6.07, 6.45) is 0.808. The van der Waals surface area contributed by atoms with Crippen molar-refractivity contribution in [3.63, 3.8) is 0 Å². The molecular formula is C22H26ClN3O2. The van der Waals surface area contributed by atoms with Crippen molar-refractivity contribution in [1.82, 2.24) is 5.32 Å². The van der Waals surface area contributed by atoms with Gasteiger partial charge in [-0.2, -0.15) is 0 Å². The maximum absolute atomic E-state index is 12.4. The molecule has 0 spiro atoms. The fourth-order valence-electron chi connectivity index (χ4n) is 3.62. The Hall–Kier alpha value is -2.37. The third kappa shape index (κ3) is 4.72. The molecule has 2 amide bonds. The van der Waals surface area contributed by atoms with E-state index in [9.17, 15) is 9.59 Å². The largest absolute Gasteiger partial charge is 0.325 e. The van der Waals surface area contributed by atoms with Crippen molar-refractivity contribution in [2.75, 3.05) is 23.3 Å². The molecule has 0 bridgehead atoms. The van der Waals surface area contributed by atoms with Crippen LogP contribution in [0, 0.1) is 5.92 Å². The van der Waals surface area contributed by atoms with E-state index in [-0.39, 0.29) is 24.4 Å². The fourth-order valence-corrected chi connectivity index (χ4v) is 3.75. The van der Waals surface area contributed by atoms with Gasteiger partial charge in [-0.1, -0.05) is 37.6 Å². The van der Waals surface area contributed by atoms with Crippen molar-refractivity contribution < 1.29 is 9.59 Å². The highest BCUT2D eigenvalue weighted by atomic mass is 35.5. The maximum Gasteiger partial charge on any atom is 0.238 e. The van der Waals surface area contributed by atoms with E-state index in [0.29, 0.717) is 17.5 Å². The molecule has 1 heterocycles. The molecule has 28 heavy (non-hydrogen) atoms. The number of benzene rings is 2. The van der Waals surface area contributed by atoms with Crippen LogP contribution < -0.4 is 15.5 Å². The molecule has 0 aromatic heterocycles. The van der Waals surface area contributed by atoms with Crippen LogP contribution in [0.1, 0.15) is 37.9 Å². The number of halogens is 1. The second-order valence-electron chi connectivity index (χ2n) is 7.47. The molecule has 3 rings (SSSR count). The van der Waals surface area contributed by atoms with E-state index >= 15 is 0 Å². The zero-order valence-corrected chi connectivity index (χ0v) is 17.2. The standard InChI is InChI=1S/C22H26ClN3O2/c1-14(2)22(16-4-6-18(23)7-5-16)24-13-21(28)25-19-8-9-20-17(12-19)10-11-26(20)15(3)27/h4-9,12,14,22,24H,10-11,13H2,1-3H3,(H,25,28). The van der Waals surface area contributed by atoms with Gasteiger partial charge in [0.1, 0.15) is 0 Å². The first kappa shape index (κ1) is 20.4. The monoisotopic (exact) mass is 399 g/mol. The molecule has 1 unspecified atom stereocenters. The van der Waals surface area contributed by atoms with Crippen LogP contribution in [0.3, 0.4) is 0 Å². The molecule has 6 heteroatoms. The lowest BCUT2D eigenvalue weighted by Gasteiger charge is -2.23. The van der Waals surface area contributed by atoms with Gasteiger partial charge in [-0.15, -0.1) is 0 Å². The van der Waals surface area contributed by atoms with E-state index in [2.05, 4.69) is 24.5 Å². The second-order valence-corrected chi connectivity index (χ2v) is 7.90. The molecule has 0 saturated carbocycles. The molecule has 0 aliphatic carbocycles. The van der Waals surface area contributed by atoms with Crippen LogP contribution in [-0.4, -0.2) is 24.9 Å². The third-order valence-electron chi connectivity index (χ3n) is 5.02. The summed E-state index contributed by atoms with van der Waals surface area (Å²) in [5.74, 6) is 0.272. The Kier molecular flexibility index (Phi) is 6.37. The van der Waals surface area contributed by atoms with Gasteiger partial charge in [0.2, 0.25) is 11.8 Å². The summed E-state index contributed by atoms with van der Waals surface area (Å²) in [7, 11) is 0. The minimum atomic E-state index is -0.0963. The van der Waals surface area contributed by atoms with Crippen molar-refractivity contribution in [2.24, 2.45) is 5.92 Å². The molecule has 1 aliphatic rings. The maximum atomic E-state index is 12.4. The van der Waals surface area contributed by atoms with Crippen molar-refractivity contribution in [2.45, 2.75) is 33.2 Å². The Morgan fingerprint density at radius 1 is 1.14 bits per heavy atom. The minimum absolute atomic E-state index is 0.0432.